The van der Waals surface area contributed by atoms with Crippen LogP contribution in [-0.2, 0) is 0 Å². The molecular formula is C21H23N7O2. The molecule has 0 unspecified atom stereocenters. The highest BCUT2D eigenvalue weighted by molar-refractivity contribution is 5.77. The quantitative estimate of drug-likeness (QED) is 0.549. The molecule has 1 fully saturated rings. The largest absolute Gasteiger partial charge is 0.496 e. The lowest BCUT2D eigenvalue weighted by molar-refractivity contribution is 0.276. The summed E-state index contributed by atoms with van der Waals surface area (Å²) in [7, 11) is 1.64. The summed E-state index contributed by atoms with van der Waals surface area (Å²) in [4.78, 5) is 8.16. The van der Waals surface area contributed by atoms with Crippen molar-refractivity contribution in [3.8, 4) is 28.8 Å². The van der Waals surface area contributed by atoms with E-state index in [0.717, 1.165) is 35.5 Å². The predicted octanol–water partition coefficient (Wildman–Crippen LogP) is 2.93. The van der Waals surface area contributed by atoms with Gasteiger partial charge in [-0.2, -0.15) is 10.4 Å². The van der Waals surface area contributed by atoms with Crippen molar-refractivity contribution in [3.05, 3.63) is 41.9 Å². The molecule has 4 rings (SSSR count). The van der Waals surface area contributed by atoms with E-state index in [4.69, 9.17) is 14.7 Å². The van der Waals surface area contributed by atoms with Gasteiger partial charge in [-0.1, -0.05) is 0 Å². The molecular weight excluding hydrogens is 382 g/mol. The Hall–Kier alpha value is -3.64. The van der Waals surface area contributed by atoms with Crippen molar-refractivity contribution >= 4 is 11.6 Å². The minimum absolute atomic E-state index is 0.256. The van der Waals surface area contributed by atoms with Crippen LogP contribution in [0.2, 0.25) is 0 Å². The molecule has 3 N–H and O–H groups in total. The van der Waals surface area contributed by atoms with Gasteiger partial charge in [0.1, 0.15) is 30.0 Å². The minimum atomic E-state index is 0.256. The Balaban J connectivity index is 1.59. The molecule has 1 aliphatic rings. The van der Waals surface area contributed by atoms with Crippen LogP contribution in [0.15, 0.2) is 30.6 Å². The van der Waals surface area contributed by atoms with Gasteiger partial charge in [0.15, 0.2) is 11.5 Å². The van der Waals surface area contributed by atoms with Crippen LogP contribution in [-0.4, -0.2) is 46.5 Å². The van der Waals surface area contributed by atoms with E-state index in [0.29, 0.717) is 30.0 Å². The Morgan fingerprint density at radius 3 is 2.77 bits per heavy atom. The zero-order valence-corrected chi connectivity index (χ0v) is 16.9. The Bertz CT molecular complexity index is 1050. The van der Waals surface area contributed by atoms with Crippen LogP contribution in [0.5, 0.6) is 11.5 Å². The van der Waals surface area contributed by atoms with E-state index in [9.17, 15) is 0 Å². The van der Waals surface area contributed by atoms with Gasteiger partial charge in [0.05, 0.1) is 30.8 Å². The maximum atomic E-state index is 8.84. The van der Waals surface area contributed by atoms with Gasteiger partial charge in [-0.05, 0) is 44.0 Å². The molecule has 3 aromatic rings. The third-order valence-corrected chi connectivity index (χ3v) is 4.90. The number of aromatic amines is 1. The Labute approximate surface area is 174 Å². The predicted molar refractivity (Wildman–Crippen MR) is 112 cm³/mol. The lowest BCUT2D eigenvalue weighted by Gasteiger charge is -2.17. The molecule has 1 aromatic carbocycles. The van der Waals surface area contributed by atoms with Crippen molar-refractivity contribution in [1.29, 1.82) is 5.26 Å². The molecule has 9 heteroatoms. The number of methoxy groups -OCH3 is 1. The van der Waals surface area contributed by atoms with Crippen LogP contribution in [0.3, 0.4) is 0 Å². The summed E-state index contributed by atoms with van der Waals surface area (Å²) in [6.07, 6.45) is 5.18. The summed E-state index contributed by atoms with van der Waals surface area (Å²) in [5.74, 6) is 2.51. The van der Waals surface area contributed by atoms with E-state index in [1.165, 1.54) is 18.8 Å². The Morgan fingerprint density at radius 2 is 2.07 bits per heavy atom. The van der Waals surface area contributed by atoms with E-state index in [1.807, 2.05) is 31.2 Å². The number of nitrogens with zero attached hydrogens (tertiary/aromatic N) is 4. The highest BCUT2D eigenvalue weighted by Crippen LogP contribution is 2.39. The SMILES string of the molecule is COc1cc(C)cc(OC[C@H]2CCCN2)c1-c1cc(Nc2cnc(C#N)cn2)n[nH]1. The number of nitrogens with one attached hydrogen (secondary N) is 3. The molecule has 2 aromatic heterocycles. The van der Waals surface area contributed by atoms with Crippen LogP contribution >= 0.6 is 0 Å². The van der Waals surface area contributed by atoms with Crippen molar-refractivity contribution < 1.29 is 9.47 Å². The standard InChI is InChI=1S/C21H23N7O2/c1-13-6-17(29-2)21(18(7-13)30-12-14-4-3-5-23-14)16-8-19(28-27-16)26-20-11-24-15(9-22)10-25-20/h6-8,10-11,14,23H,3-5,12H2,1-2H3,(H2,25,26,27,28)/t14-/m1/s1. The van der Waals surface area contributed by atoms with Crippen molar-refractivity contribution in [2.24, 2.45) is 0 Å². The molecule has 0 spiro atoms. The molecule has 0 saturated carbocycles. The summed E-state index contributed by atoms with van der Waals surface area (Å²) in [5, 5.41) is 22.7. The highest BCUT2D eigenvalue weighted by atomic mass is 16.5. The maximum absolute atomic E-state index is 8.84. The van der Waals surface area contributed by atoms with Crippen LogP contribution < -0.4 is 20.1 Å². The summed E-state index contributed by atoms with van der Waals surface area (Å²) in [6.45, 7) is 3.64. The molecule has 0 radical (unpaired) electrons. The zero-order chi connectivity index (χ0) is 20.9. The topological polar surface area (TPSA) is 121 Å². The van der Waals surface area contributed by atoms with Gasteiger partial charge in [-0.25, -0.2) is 9.97 Å². The molecule has 0 amide bonds. The minimum Gasteiger partial charge on any atom is -0.496 e. The van der Waals surface area contributed by atoms with E-state index >= 15 is 0 Å². The smallest absolute Gasteiger partial charge is 0.158 e. The molecule has 1 saturated heterocycles. The highest BCUT2D eigenvalue weighted by Gasteiger charge is 2.20. The number of anilines is 2. The zero-order valence-electron chi connectivity index (χ0n) is 16.9. The number of aryl methyl sites for hydroxylation is 1. The van der Waals surface area contributed by atoms with Gasteiger partial charge in [0.25, 0.3) is 0 Å². The second kappa shape index (κ2) is 8.80. The molecule has 1 aliphatic heterocycles. The van der Waals surface area contributed by atoms with Gasteiger partial charge < -0.3 is 20.1 Å². The lowest BCUT2D eigenvalue weighted by Crippen LogP contribution is -2.28. The van der Waals surface area contributed by atoms with Gasteiger partial charge in [-0.15, -0.1) is 0 Å². The fourth-order valence-electron chi connectivity index (χ4n) is 3.45. The Morgan fingerprint density at radius 1 is 1.20 bits per heavy atom. The molecule has 1 atom stereocenters. The summed E-state index contributed by atoms with van der Waals surface area (Å²) in [5.41, 5.74) is 2.87. The number of benzene rings is 1. The number of hydrogen-bond acceptors (Lipinski definition) is 8. The first-order chi connectivity index (χ1) is 14.7. The number of H-pyrrole nitrogens is 1. The van der Waals surface area contributed by atoms with Gasteiger partial charge in [0.2, 0.25) is 0 Å². The van der Waals surface area contributed by atoms with Crippen molar-refractivity contribution in [2.75, 3.05) is 25.6 Å². The van der Waals surface area contributed by atoms with E-state index in [2.05, 4.69) is 30.8 Å². The van der Waals surface area contributed by atoms with Gasteiger partial charge in [0, 0.05) is 12.1 Å². The Kier molecular flexibility index (Phi) is 5.77. The molecule has 0 aliphatic carbocycles. The molecule has 0 bridgehead atoms. The van der Waals surface area contributed by atoms with Gasteiger partial charge in [-0.3, -0.25) is 5.10 Å². The fourth-order valence-corrected chi connectivity index (χ4v) is 3.45. The number of nitriles is 1. The molecule has 3 heterocycles. The first-order valence-corrected chi connectivity index (χ1v) is 9.76. The van der Waals surface area contributed by atoms with E-state index in [1.54, 1.807) is 7.11 Å². The summed E-state index contributed by atoms with van der Waals surface area (Å²) >= 11 is 0. The van der Waals surface area contributed by atoms with Crippen molar-refractivity contribution in [3.63, 3.8) is 0 Å². The molecule has 30 heavy (non-hydrogen) atoms. The van der Waals surface area contributed by atoms with E-state index in [-0.39, 0.29) is 5.69 Å². The van der Waals surface area contributed by atoms with Crippen molar-refractivity contribution in [2.45, 2.75) is 25.8 Å². The second-order valence-electron chi connectivity index (χ2n) is 7.14. The number of ether oxygens (including phenoxy) is 2. The second-order valence-corrected chi connectivity index (χ2v) is 7.14. The average Bonchev–Trinajstić information content (AvgIpc) is 3.44. The summed E-state index contributed by atoms with van der Waals surface area (Å²) < 4.78 is 11.8. The third kappa shape index (κ3) is 4.34. The average molecular weight is 405 g/mol. The maximum Gasteiger partial charge on any atom is 0.158 e. The van der Waals surface area contributed by atoms with Crippen LogP contribution in [0.4, 0.5) is 11.6 Å². The molecule has 154 valence electrons. The normalized spacial score (nSPS) is 15.6. The number of hydrogen-bond donors (Lipinski definition) is 3. The third-order valence-electron chi connectivity index (χ3n) is 4.90. The monoisotopic (exact) mass is 405 g/mol. The number of rotatable bonds is 7. The van der Waals surface area contributed by atoms with Crippen LogP contribution in [0, 0.1) is 18.3 Å². The van der Waals surface area contributed by atoms with Crippen LogP contribution in [0.25, 0.3) is 11.3 Å². The molecule has 9 nitrogen and oxygen atoms in total. The first-order valence-electron chi connectivity index (χ1n) is 9.76. The van der Waals surface area contributed by atoms with Crippen LogP contribution in [0.1, 0.15) is 24.1 Å². The number of aromatic nitrogens is 4. The summed E-state index contributed by atoms with van der Waals surface area (Å²) in [6, 6.07) is 8.13. The van der Waals surface area contributed by atoms with Gasteiger partial charge >= 0.3 is 0 Å². The van der Waals surface area contributed by atoms with E-state index < -0.39 is 0 Å². The fraction of sp³-hybridized carbons (Fsp3) is 0.333. The first kappa shape index (κ1) is 19.7. The van der Waals surface area contributed by atoms with Crippen molar-refractivity contribution in [1.82, 2.24) is 25.5 Å². The lowest BCUT2D eigenvalue weighted by atomic mass is 10.1.